The second-order valence-electron chi connectivity index (χ2n) is 5.71. The Bertz CT molecular complexity index is 200. The number of nitrogens with zero attached hydrogens (tertiary/aromatic N) is 2. The smallest absolute Gasteiger partial charge is 0.0793 e. The van der Waals surface area contributed by atoms with Crippen LogP contribution in [0.2, 0.25) is 0 Å². The lowest BCUT2D eigenvalue weighted by molar-refractivity contribution is 0.0684. The summed E-state index contributed by atoms with van der Waals surface area (Å²) < 4.78 is 0. The molecule has 2 N–H and O–H groups in total. The number of aliphatic hydroxyl groups is 1. The molecule has 1 aliphatic rings. The third kappa shape index (κ3) is 7.88. The molecule has 0 spiro atoms. The van der Waals surface area contributed by atoms with Gasteiger partial charge in [-0.05, 0) is 25.9 Å². The van der Waals surface area contributed by atoms with Gasteiger partial charge in [0, 0.05) is 39.3 Å². The molecular weight excluding hydrogens is 238 g/mol. The van der Waals surface area contributed by atoms with Gasteiger partial charge in [0.25, 0.3) is 0 Å². The first-order valence-electron chi connectivity index (χ1n) is 8.09. The van der Waals surface area contributed by atoms with Crippen LogP contribution in [0.3, 0.4) is 0 Å². The monoisotopic (exact) mass is 271 g/mol. The Morgan fingerprint density at radius 1 is 1.11 bits per heavy atom. The maximum atomic E-state index is 10.3. The quantitative estimate of drug-likeness (QED) is 0.625. The summed E-state index contributed by atoms with van der Waals surface area (Å²) in [5, 5.41) is 13.6. The molecule has 0 bridgehead atoms. The second-order valence-corrected chi connectivity index (χ2v) is 5.71. The van der Waals surface area contributed by atoms with Crippen LogP contribution in [0.15, 0.2) is 0 Å². The van der Waals surface area contributed by atoms with Gasteiger partial charge in [-0.25, -0.2) is 0 Å². The van der Waals surface area contributed by atoms with E-state index in [1.54, 1.807) is 0 Å². The number of rotatable bonds is 10. The Morgan fingerprint density at radius 2 is 1.68 bits per heavy atom. The van der Waals surface area contributed by atoms with Crippen molar-refractivity contribution in [2.75, 3.05) is 52.4 Å². The summed E-state index contributed by atoms with van der Waals surface area (Å²) in [5.74, 6) is 0. The Kier molecular flexibility index (Phi) is 9.43. The van der Waals surface area contributed by atoms with E-state index >= 15 is 0 Å². The van der Waals surface area contributed by atoms with Gasteiger partial charge in [-0.1, -0.05) is 26.7 Å². The zero-order chi connectivity index (χ0) is 13.9. The van der Waals surface area contributed by atoms with Gasteiger partial charge in [0.15, 0.2) is 0 Å². The zero-order valence-corrected chi connectivity index (χ0v) is 12.9. The van der Waals surface area contributed by atoms with Gasteiger partial charge >= 0.3 is 0 Å². The van der Waals surface area contributed by atoms with Gasteiger partial charge in [-0.3, -0.25) is 4.90 Å². The highest BCUT2D eigenvalue weighted by Gasteiger charge is 2.16. The van der Waals surface area contributed by atoms with Gasteiger partial charge in [0.1, 0.15) is 0 Å². The van der Waals surface area contributed by atoms with Crippen molar-refractivity contribution in [3.8, 4) is 0 Å². The minimum atomic E-state index is -0.202. The van der Waals surface area contributed by atoms with Crippen LogP contribution in [-0.4, -0.2) is 73.4 Å². The lowest BCUT2D eigenvalue weighted by Gasteiger charge is -2.31. The lowest BCUT2D eigenvalue weighted by Crippen LogP contribution is -2.48. The van der Waals surface area contributed by atoms with Crippen LogP contribution in [0.4, 0.5) is 0 Å². The Morgan fingerprint density at radius 3 is 2.21 bits per heavy atom. The first kappa shape index (κ1) is 16.9. The molecular formula is C15H33N3O. The molecule has 0 radical (unpaired) electrons. The molecule has 4 nitrogen and oxygen atoms in total. The Balaban J connectivity index is 2.25. The number of unbranched alkanes of at least 4 members (excludes halogenated alkanes) is 2. The molecule has 1 fully saturated rings. The highest BCUT2D eigenvalue weighted by atomic mass is 16.3. The number of hydrogen-bond acceptors (Lipinski definition) is 4. The summed E-state index contributed by atoms with van der Waals surface area (Å²) in [7, 11) is 0. The van der Waals surface area contributed by atoms with Crippen molar-refractivity contribution >= 4 is 0 Å². The highest BCUT2D eigenvalue weighted by molar-refractivity contribution is 4.73. The van der Waals surface area contributed by atoms with Crippen LogP contribution in [0.25, 0.3) is 0 Å². The lowest BCUT2D eigenvalue weighted by atomic mass is 10.2. The fourth-order valence-corrected chi connectivity index (χ4v) is 2.61. The molecule has 0 aromatic heterocycles. The highest BCUT2D eigenvalue weighted by Crippen LogP contribution is 2.03. The molecule has 0 amide bonds. The zero-order valence-electron chi connectivity index (χ0n) is 12.9. The molecule has 19 heavy (non-hydrogen) atoms. The molecule has 0 aromatic carbocycles. The average molecular weight is 271 g/mol. The molecule has 1 saturated heterocycles. The number of piperazine rings is 1. The summed E-state index contributed by atoms with van der Waals surface area (Å²) in [5.41, 5.74) is 0. The number of nitrogens with one attached hydrogen (secondary N) is 1. The fraction of sp³-hybridized carbons (Fsp3) is 1.00. The van der Waals surface area contributed by atoms with Gasteiger partial charge in [-0.15, -0.1) is 0 Å². The van der Waals surface area contributed by atoms with Crippen molar-refractivity contribution < 1.29 is 5.11 Å². The molecule has 114 valence electrons. The minimum absolute atomic E-state index is 0.202. The maximum Gasteiger partial charge on any atom is 0.0793 e. The van der Waals surface area contributed by atoms with E-state index < -0.39 is 0 Å². The van der Waals surface area contributed by atoms with E-state index in [1.165, 1.54) is 25.7 Å². The molecule has 1 aliphatic heterocycles. The second kappa shape index (κ2) is 10.6. The van der Waals surface area contributed by atoms with E-state index in [-0.39, 0.29) is 6.10 Å². The van der Waals surface area contributed by atoms with Crippen LogP contribution >= 0.6 is 0 Å². The van der Waals surface area contributed by atoms with E-state index in [9.17, 15) is 5.11 Å². The number of β-amino-alcohol motifs (C(OH)–C–C–N with tert-alkyl or cyclic N) is 1. The molecule has 0 aliphatic carbocycles. The van der Waals surface area contributed by atoms with Gasteiger partial charge in [0.2, 0.25) is 0 Å². The van der Waals surface area contributed by atoms with E-state index in [2.05, 4.69) is 29.0 Å². The third-order valence-corrected chi connectivity index (χ3v) is 3.80. The van der Waals surface area contributed by atoms with Crippen molar-refractivity contribution in [1.29, 1.82) is 0 Å². The largest absolute Gasteiger partial charge is 0.390 e. The van der Waals surface area contributed by atoms with Crippen LogP contribution < -0.4 is 5.32 Å². The van der Waals surface area contributed by atoms with Crippen molar-refractivity contribution in [3.63, 3.8) is 0 Å². The molecule has 1 rings (SSSR count). The third-order valence-electron chi connectivity index (χ3n) is 3.80. The molecule has 0 unspecified atom stereocenters. The van der Waals surface area contributed by atoms with Crippen molar-refractivity contribution in [3.05, 3.63) is 0 Å². The number of hydrogen-bond donors (Lipinski definition) is 2. The van der Waals surface area contributed by atoms with Crippen LogP contribution in [0.1, 0.15) is 39.5 Å². The molecule has 4 heteroatoms. The van der Waals surface area contributed by atoms with Crippen LogP contribution in [-0.2, 0) is 0 Å². The Hall–Kier alpha value is -0.160. The van der Waals surface area contributed by atoms with Crippen molar-refractivity contribution in [2.45, 2.75) is 45.6 Å². The first-order valence-corrected chi connectivity index (χ1v) is 8.09. The van der Waals surface area contributed by atoms with Crippen molar-refractivity contribution in [2.24, 2.45) is 0 Å². The van der Waals surface area contributed by atoms with Gasteiger partial charge in [0.05, 0.1) is 6.10 Å². The normalized spacial score (nSPS) is 18.9. The van der Waals surface area contributed by atoms with Crippen LogP contribution in [0, 0.1) is 0 Å². The minimum Gasteiger partial charge on any atom is -0.390 e. The van der Waals surface area contributed by atoms with Crippen LogP contribution in [0.5, 0.6) is 0 Å². The predicted molar refractivity (Wildman–Crippen MR) is 81.6 cm³/mol. The fourth-order valence-electron chi connectivity index (χ4n) is 2.61. The summed E-state index contributed by atoms with van der Waals surface area (Å²) in [6.45, 7) is 12.7. The number of aliphatic hydroxyl groups excluding tert-OH is 1. The molecule has 0 aromatic rings. The van der Waals surface area contributed by atoms with E-state index in [4.69, 9.17) is 0 Å². The average Bonchev–Trinajstić information content (AvgIpc) is 2.43. The predicted octanol–water partition coefficient (Wildman–Crippen LogP) is 1.15. The van der Waals surface area contributed by atoms with Crippen molar-refractivity contribution in [1.82, 2.24) is 15.1 Å². The summed E-state index contributed by atoms with van der Waals surface area (Å²) in [4.78, 5) is 4.82. The Labute approximate surface area is 119 Å². The molecule has 1 atom stereocenters. The standard InChI is InChI=1S/C15H33N3O/c1-3-5-9-17(10-6-4-2)13-15(19)14-18-11-7-16-8-12-18/h15-16,19H,3-14H2,1-2H3/t15-/m1/s1. The molecule has 1 heterocycles. The van der Waals surface area contributed by atoms with E-state index in [0.29, 0.717) is 0 Å². The summed E-state index contributed by atoms with van der Waals surface area (Å²) in [6, 6.07) is 0. The van der Waals surface area contributed by atoms with E-state index in [1.807, 2.05) is 0 Å². The maximum absolute atomic E-state index is 10.3. The SMILES string of the molecule is CCCCN(CCCC)C[C@@H](O)CN1CCNCC1. The summed E-state index contributed by atoms with van der Waals surface area (Å²) >= 11 is 0. The van der Waals surface area contributed by atoms with E-state index in [0.717, 1.165) is 52.4 Å². The van der Waals surface area contributed by atoms with Gasteiger partial charge in [-0.2, -0.15) is 0 Å². The molecule has 0 saturated carbocycles. The van der Waals surface area contributed by atoms with Gasteiger partial charge < -0.3 is 15.3 Å². The topological polar surface area (TPSA) is 38.7 Å². The first-order chi connectivity index (χ1) is 9.26. The summed E-state index contributed by atoms with van der Waals surface area (Å²) in [6.07, 6.45) is 4.74.